The first-order chi connectivity index (χ1) is 5.70. The molecule has 0 saturated carbocycles. The summed E-state index contributed by atoms with van der Waals surface area (Å²) in [7, 11) is 0. The zero-order valence-electron chi connectivity index (χ0n) is 7.24. The summed E-state index contributed by atoms with van der Waals surface area (Å²) in [5.74, 6) is -0.160. The Bertz CT molecular complexity index is 292. The molecule has 0 aromatic carbocycles. The maximum atomic E-state index is 11.1. The van der Waals surface area contributed by atoms with Gasteiger partial charge in [0, 0.05) is 6.54 Å². The first kappa shape index (κ1) is 8.86. The molecule has 0 unspecified atom stereocenters. The van der Waals surface area contributed by atoms with E-state index in [2.05, 4.69) is 10.3 Å². The molecule has 0 fully saturated rings. The van der Waals surface area contributed by atoms with Crippen LogP contribution in [0.25, 0.3) is 0 Å². The molecule has 0 aliphatic rings. The Morgan fingerprint density at radius 2 is 2.33 bits per heavy atom. The lowest BCUT2D eigenvalue weighted by molar-refractivity contribution is 0.0996. The highest BCUT2D eigenvalue weighted by Crippen LogP contribution is 2.03. The maximum Gasteiger partial charge on any atom is 0.198 e. The van der Waals surface area contributed by atoms with E-state index in [1.165, 1.54) is 0 Å². The molecule has 1 heterocycles. The standard InChI is InChI=1S/C7H12N4O/c1-3-11-5(2)7(9-10-11)6(12)4-8/h3-4,8H2,1-2H3. The zero-order chi connectivity index (χ0) is 9.14. The number of hydrogen-bond donors (Lipinski definition) is 1. The number of hydrogen-bond acceptors (Lipinski definition) is 4. The number of aromatic nitrogens is 3. The van der Waals surface area contributed by atoms with Crippen molar-refractivity contribution < 1.29 is 4.79 Å². The molecule has 0 atom stereocenters. The summed E-state index contributed by atoms with van der Waals surface area (Å²) in [6, 6.07) is 0. The lowest BCUT2D eigenvalue weighted by Crippen LogP contribution is -2.15. The lowest BCUT2D eigenvalue weighted by Gasteiger charge is -1.96. The van der Waals surface area contributed by atoms with Crippen molar-refractivity contribution in [3.05, 3.63) is 11.4 Å². The minimum atomic E-state index is -0.160. The summed E-state index contributed by atoms with van der Waals surface area (Å²) >= 11 is 0. The van der Waals surface area contributed by atoms with E-state index in [0.29, 0.717) is 5.69 Å². The molecule has 5 heteroatoms. The number of nitrogens with two attached hydrogens (primary N) is 1. The van der Waals surface area contributed by atoms with Crippen LogP contribution in [0.5, 0.6) is 0 Å². The SMILES string of the molecule is CCn1nnc(C(=O)CN)c1C. The Kier molecular flexibility index (Phi) is 2.54. The van der Waals surface area contributed by atoms with Crippen LogP contribution in [0.15, 0.2) is 0 Å². The quantitative estimate of drug-likeness (QED) is 0.631. The van der Waals surface area contributed by atoms with E-state index in [0.717, 1.165) is 12.2 Å². The van der Waals surface area contributed by atoms with Crippen LogP contribution in [0.4, 0.5) is 0 Å². The van der Waals surface area contributed by atoms with E-state index >= 15 is 0 Å². The van der Waals surface area contributed by atoms with Gasteiger partial charge in [-0.2, -0.15) is 0 Å². The van der Waals surface area contributed by atoms with Crippen molar-refractivity contribution in [2.45, 2.75) is 20.4 Å². The molecule has 0 spiro atoms. The minimum Gasteiger partial charge on any atom is -0.324 e. The smallest absolute Gasteiger partial charge is 0.198 e. The van der Waals surface area contributed by atoms with Crippen LogP contribution < -0.4 is 5.73 Å². The molecule has 0 amide bonds. The second-order valence-electron chi connectivity index (χ2n) is 2.47. The molecule has 0 radical (unpaired) electrons. The highest BCUT2D eigenvalue weighted by molar-refractivity contribution is 5.96. The predicted octanol–water partition coefficient (Wildman–Crippen LogP) is -0.252. The fraction of sp³-hybridized carbons (Fsp3) is 0.571. The van der Waals surface area contributed by atoms with Crippen molar-refractivity contribution >= 4 is 5.78 Å². The summed E-state index contributed by atoms with van der Waals surface area (Å²) in [6.45, 7) is 4.46. The fourth-order valence-corrected chi connectivity index (χ4v) is 1.02. The highest BCUT2D eigenvalue weighted by atomic mass is 16.1. The van der Waals surface area contributed by atoms with Crippen LogP contribution >= 0.6 is 0 Å². The number of nitrogens with zero attached hydrogens (tertiary/aromatic N) is 3. The summed E-state index contributed by atoms with van der Waals surface area (Å²) in [5.41, 5.74) is 6.37. The summed E-state index contributed by atoms with van der Waals surface area (Å²) in [4.78, 5) is 11.1. The van der Waals surface area contributed by atoms with Gasteiger partial charge in [-0.3, -0.25) is 4.79 Å². The van der Waals surface area contributed by atoms with Crippen LogP contribution in [0.3, 0.4) is 0 Å². The Hall–Kier alpha value is -1.23. The van der Waals surface area contributed by atoms with Crippen molar-refractivity contribution in [1.82, 2.24) is 15.0 Å². The van der Waals surface area contributed by atoms with Crippen LogP contribution in [0, 0.1) is 6.92 Å². The molecule has 0 aliphatic carbocycles. The van der Waals surface area contributed by atoms with Gasteiger partial charge < -0.3 is 5.73 Å². The number of ketones is 1. The van der Waals surface area contributed by atoms with Crippen molar-refractivity contribution in [2.24, 2.45) is 5.73 Å². The number of carbonyl (C=O) groups excluding carboxylic acids is 1. The first-order valence-corrected chi connectivity index (χ1v) is 3.84. The molecule has 2 N–H and O–H groups in total. The molecule has 1 aromatic rings. The lowest BCUT2D eigenvalue weighted by atomic mass is 10.2. The number of rotatable bonds is 3. The molecule has 0 bridgehead atoms. The third-order valence-electron chi connectivity index (χ3n) is 1.73. The minimum absolute atomic E-state index is 0.0107. The number of aryl methyl sites for hydroxylation is 1. The van der Waals surface area contributed by atoms with Gasteiger partial charge in [0.1, 0.15) is 0 Å². The van der Waals surface area contributed by atoms with Crippen LogP contribution in [0.2, 0.25) is 0 Å². The van der Waals surface area contributed by atoms with E-state index in [-0.39, 0.29) is 12.3 Å². The number of carbonyl (C=O) groups is 1. The van der Waals surface area contributed by atoms with Gasteiger partial charge in [0.05, 0.1) is 12.2 Å². The summed E-state index contributed by atoms with van der Waals surface area (Å²) < 4.78 is 1.67. The third-order valence-corrected chi connectivity index (χ3v) is 1.73. The summed E-state index contributed by atoms with van der Waals surface area (Å²) in [5, 5.41) is 7.53. The van der Waals surface area contributed by atoms with Crippen molar-refractivity contribution in [3.63, 3.8) is 0 Å². The zero-order valence-corrected chi connectivity index (χ0v) is 7.24. The topological polar surface area (TPSA) is 73.8 Å². The van der Waals surface area contributed by atoms with Crippen molar-refractivity contribution in [2.75, 3.05) is 6.54 Å². The van der Waals surface area contributed by atoms with Gasteiger partial charge in [0.2, 0.25) is 0 Å². The van der Waals surface area contributed by atoms with E-state index in [9.17, 15) is 4.79 Å². The average molecular weight is 168 g/mol. The fourth-order valence-electron chi connectivity index (χ4n) is 1.02. The largest absolute Gasteiger partial charge is 0.324 e. The summed E-state index contributed by atoms with van der Waals surface area (Å²) in [6.07, 6.45) is 0. The van der Waals surface area contributed by atoms with Crippen LogP contribution in [0.1, 0.15) is 23.1 Å². The molecular formula is C7H12N4O. The van der Waals surface area contributed by atoms with E-state index < -0.39 is 0 Å². The molecule has 5 nitrogen and oxygen atoms in total. The Balaban J connectivity index is 3.02. The Labute approximate surface area is 70.6 Å². The van der Waals surface area contributed by atoms with Gasteiger partial charge in [-0.1, -0.05) is 5.21 Å². The van der Waals surface area contributed by atoms with Crippen LogP contribution in [-0.2, 0) is 6.54 Å². The Morgan fingerprint density at radius 1 is 1.67 bits per heavy atom. The molecule has 1 rings (SSSR count). The first-order valence-electron chi connectivity index (χ1n) is 3.84. The van der Waals surface area contributed by atoms with Gasteiger partial charge in [-0.25, -0.2) is 4.68 Å². The van der Waals surface area contributed by atoms with E-state index in [4.69, 9.17) is 5.73 Å². The molecule has 66 valence electrons. The number of Topliss-reactive ketones (excluding diaryl/α,β-unsaturated/α-hetero) is 1. The van der Waals surface area contributed by atoms with E-state index in [1.807, 2.05) is 13.8 Å². The van der Waals surface area contributed by atoms with Gasteiger partial charge in [0.25, 0.3) is 0 Å². The van der Waals surface area contributed by atoms with Crippen LogP contribution in [-0.4, -0.2) is 27.3 Å². The third kappa shape index (κ3) is 1.35. The van der Waals surface area contributed by atoms with Gasteiger partial charge in [-0.15, -0.1) is 5.10 Å². The van der Waals surface area contributed by atoms with Crippen molar-refractivity contribution in [3.8, 4) is 0 Å². The average Bonchev–Trinajstić information content (AvgIpc) is 2.45. The molecule has 0 saturated heterocycles. The predicted molar refractivity (Wildman–Crippen MR) is 43.8 cm³/mol. The Morgan fingerprint density at radius 3 is 2.75 bits per heavy atom. The molecular weight excluding hydrogens is 156 g/mol. The van der Waals surface area contributed by atoms with Gasteiger partial charge in [-0.05, 0) is 13.8 Å². The van der Waals surface area contributed by atoms with Gasteiger partial charge in [0.15, 0.2) is 11.5 Å². The second-order valence-corrected chi connectivity index (χ2v) is 2.47. The monoisotopic (exact) mass is 168 g/mol. The van der Waals surface area contributed by atoms with Crippen molar-refractivity contribution in [1.29, 1.82) is 0 Å². The van der Waals surface area contributed by atoms with E-state index in [1.54, 1.807) is 4.68 Å². The second kappa shape index (κ2) is 3.44. The molecule has 0 aliphatic heterocycles. The normalized spacial score (nSPS) is 10.2. The maximum absolute atomic E-state index is 11.1. The van der Waals surface area contributed by atoms with Gasteiger partial charge >= 0.3 is 0 Å². The molecule has 12 heavy (non-hydrogen) atoms. The molecule has 1 aromatic heterocycles. The highest BCUT2D eigenvalue weighted by Gasteiger charge is 2.13.